The zero-order valence-electron chi connectivity index (χ0n) is 11.3. The van der Waals surface area contributed by atoms with Crippen molar-refractivity contribution in [1.82, 2.24) is 9.97 Å². The molecule has 0 radical (unpaired) electrons. The molecule has 0 unspecified atom stereocenters. The number of carboxylic acid groups (broad SMARTS) is 1. The maximum atomic E-state index is 11.0. The predicted molar refractivity (Wildman–Crippen MR) is 73.2 cm³/mol. The van der Waals surface area contributed by atoms with Gasteiger partial charge >= 0.3 is 5.97 Å². The van der Waals surface area contributed by atoms with Gasteiger partial charge in [0.25, 0.3) is 0 Å². The van der Waals surface area contributed by atoms with E-state index < -0.39 is 5.97 Å². The molecule has 0 aliphatic heterocycles. The Morgan fingerprint density at radius 3 is 2.53 bits per heavy atom. The number of carbonyl (C=O) groups is 1. The maximum absolute atomic E-state index is 11.0. The van der Waals surface area contributed by atoms with E-state index in [1.807, 2.05) is 0 Å². The average Bonchev–Trinajstić information content (AvgIpc) is 2.46. The number of nitrogens with zero attached hydrogens (tertiary/aromatic N) is 2. The topological polar surface area (TPSA) is 75.1 Å². The Morgan fingerprint density at radius 1 is 1.26 bits per heavy atom. The third kappa shape index (κ3) is 3.66. The highest BCUT2D eigenvalue weighted by Gasteiger charge is 2.20. The normalized spacial score (nSPS) is 23.0. The predicted octanol–water partition coefficient (Wildman–Crippen LogP) is 2.80. The van der Waals surface area contributed by atoms with Crippen LogP contribution in [-0.4, -0.2) is 27.6 Å². The summed E-state index contributed by atoms with van der Waals surface area (Å²) in [7, 11) is 0. The van der Waals surface area contributed by atoms with Crippen molar-refractivity contribution in [3.8, 4) is 0 Å². The Bertz CT molecular complexity index is 428. The molecule has 1 aromatic heterocycles. The van der Waals surface area contributed by atoms with Crippen LogP contribution < -0.4 is 5.32 Å². The van der Waals surface area contributed by atoms with Crippen LogP contribution >= 0.6 is 0 Å². The van der Waals surface area contributed by atoms with E-state index in [1.54, 1.807) is 0 Å². The lowest BCUT2D eigenvalue weighted by Gasteiger charge is -2.28. The van der Waals surface area contributed by atoms with Crippen molar-refractivity contribution in [2.75, 3.05) is 11.9 Å². The first-order valence-corrected chi connectivity index (χ1v) is 6.98. The molecular formula is C14H21N3O2. The standard InChI is InChI=1S/C14H21N3O2/c1-2-10-3-5-11(6-4-10)9-17-13-12(14(18)19)15-7-8-16-13/h7-8,10-11H,2-6,9H2,1H3,(H,16,17)(H,18,19). The molecule has 1 aromatic rings. The highest BCUT2D eigenvalue weighted by Crippen LogP contribution is 2.30. The SMILES string of the molecule is CCC1CCC(CNc2nccnc2C(=O)O)CC1. The van der Waals surface area contributed by atoms with E-state index in [4.69, 9.17) is 5.11 Å². The van der Waals surface area contributed by atoms with Crippen molar-refractivity contribution >= 4 is 11.8 Å². The summed E-state index contributed by atoms with van der Waals surface area (Å²) in [6, 6.07) is 0. The van der Waals surface area contributed by atoms with Crippen LogP contribution in [0.1, 0.15) is 49.5 Å². The summed E-state index contributed by atoms with van der Waals surface area (Å²) in [5, 5.41) is 12.2. The summed E-state index contributed by atoms with van der Waals surface area (Å²) in [5.41, 5.74) is 0.00439. The minimum atomic E-state index is -1.04. The number of hydrogen-bond donors (Lipinski definition) is 2. The monoisotopic (exact) mass is 263 g/mol. The Labute approximate surface area is 113 Å². The van der Waals surface area contributed by atoms with Crippen LogP contribution in [0.5, 0.6) is 0 Å². The van der Waals surface area contributed by atoms with Gasteiger partial charge in [0.2, 0.25) is 0 Å². The van der Waals surface area contributed by atoms with Crippen molar-refractivity contribution in [1.29, 1.82) is 0 Å². The number of carboxylic acids is 1. The van der Waals surface area contributed by atoms with Gasteiger partial charge in [-0.1, -0.05) is 26.2 Å². The van der Waals surface area contributed by atoms with E-state index in [1.165, 1.54) is 44.5 Å². The van der Waals surface area contributed by atoms with Gasteiger partial charge in [-0.05, 0) is 24.7 Å². The molecule has 104 valence electrons. The lowest BCUT2D eigenvalue weighted by Crippen LogP contribution is -2.22. The first-order chi connectivity index (χ1) is 9.20. The molecule has 0 atom stereocenters. The third-order valence-corrected chi connectivity index (χ3v) is 4.00. The summed E-state index contributed by atoms with van der Waals surface area (Å²) in [6.07, 6.45) is 9.20. The van der Waals surface area contributed by atoms with E-state index in [-0.39, 0.29) is 5.69 Å². The Kier molecular flexibility index (Phi) is 4.71. The fourth-order valence-corrected chi connectivity index (χ4v) is 2.71. The molecule has 1 aliphatic rings. The number of nitrogens with one attached hydrogen (secondary N) is 1. The van der Waals surface area contributed by atoms with Crippen LogP contribution in [0.15, 0.2) is 12.4 Å². The lowest BCUT2D eigenvalue weighted by molar-refractivity contribution is 0.0691. The molecule has 2 rings (SSSR count). The second-order valence-corrected chi connectivity index (χ2v) is 5.23. The molecular weight excluding hydrogens is 242 g/mol. The van der Waals surface area contributed by atoms with Gasteiger partial charge in [0.05, 0.1) is 0 Å². The molecule has 19 heavy (non-hydrogen) atoms. The van der Waals surface area contributed by atoms with Crippen molar-refractivity contribution in [2.24, 2.45) is 11.8 Å². The molecule has 0 saturated heterocycles. The van der Waals surface area contributed by atoms with E-state index in [0.29, 0.717) is 11.7 Å². The molecule has 0 amide bonds. The van der Waals surface area contributed by atoms with Crippen molar-refractivity contribution in [2.45, 2.75) is 39.0 Å². The van der Waals surface area contributed by atoms with Crippen molar-refractivity contribution in [3.63, 3.8) is 0 Å². The van der Waals surface area contributed by atoms with Crippen LogP contribution in [0.25, 0.3) is 0 Å². The molecule has 1 aliphatic carbocycles. The lowest BCUT2D eigenvalue weighted by atomic mass is 9.81. The van der Waals surface area contributed by atoms with Crippen LogP contribution in [0.4, 0.5) is 5.82 Å². The summed E-state index contributed by atoms with van der Waals surface area (Å²) in [4.78, 5) is 18.9. The summed E-state index contributed by atoms with van der Waals surface area (Å²) in [6.45, 7) is 3.04. The molecule has 2 N–H and O–H groups in total. The fourth-order valence-electron chi connectivity index (χ4n) is 2.71. The van der Waals surface area contributed by atoms with E-state index in [9.17, 15) is 4.79 Å². The van der Waals surface area contributed by atoms with Gasteiger partial charge in [-0.15, -0.1) is 0 Å². The highest BCUT2D eigenvalue weighted by molar-refractivity contribution is 5.90. The molecule has 5 heteroatoms. The summed E-state index contributed by atoms with van der Waals surface area (Å²) in [5.74, 6) is 0.840. The van der Waals surface area contributed by atoms with Gasteiger partial charge in [-0.2, -0.15) is 0 Å². The Hall–Kier alpha value is -1.65. The van der Waals surface area contributed by atoms with Crippen molar-refractivity contribution in [3.05, 3.63) is 18.1 Å². The largest absolute Gasteiger partial charge is 0.476 e. The zero-order valence-corrected chi connectivity index (χ0v) is 11.3. The maximum Gasteiger partial charge on any atom is 0.358 e. The number of aromatic nitrogens is 2. The first kappa shape index (κ1) is 13.8. The zero-order chi connectivity index (χ0) is 13.7. The summed E-state index contributed by atoms with van der Waals surface area (Å²) < 4.78 is 0. The molecule has 0 bridgehead atoms. The molecule has 0 spiro atoms. The second-order valence-electron chi connectivity index (χ2n) is 5.23. The van der Waals surface area contributed by atoms with Crippen LogP contribution in [0, 0.1) is 11.8 Å². The molecule has 1 saturated carbocycles. The van der Waals surface area contributed by atoms with Crippen LogP contribution in [0.2, 0.25) is 0 Å². The average molecular weight is 263 g/mol. The van der Waals surface area contributed by atoms with Gasteiger partial charge in [0.1, 0.15) is 0 Å². The Morgan fingerprint density at radius 2 is 1.89 bits per heavy atom. The molecule has 1 heterocycles. The van der Waals surface area contributed by atoms with Gasteiger partial charge in [-0.3, -0.25) is 0 Å². The quantitative estimate of drug-likeness (QED) is 0.854. The van der Waals surface area contributed by atoms with Crippen LogP contribution in [0.3, 0.4) is 0 Å². The van der Waals surface area contributed by atoms with E-state index in [2.05, 4.69) is 22.2 Å². The van der Waals surface area contributed by atoms with Crippen molar-refractivity contribution < 1.29 is 9.90 Å². The smallest absolute Gasteiger partial charge is 0.358 e. The highest BCUT2D eigenvalue weighted by atomic mass is 16.4. The number of anilines is 1. The molecule has 0 aromatic carbocycles. The Balaban J connectivity index is 1.88. The first-order valence-electron chi connectivity index (χ1n) is 6.98. The molecule has 1 fully saturated rings. The van der Waals surface area contributed by atoms with E-state index in [0.717, 1.165) is 12.5 Å². The summed E-state index contributed by atoms with van der Waals surface area (Å²) >= 11 is 0. The number of rotatable bonds is 5. The van der Waals surface area contributed by atoms with Gasteiger partial charge < -0.3 is 10.4 Å². The minimum Gasteiger partial charge on any atom is -0.476 e. The fraction of sp³-hybridized carbons (Fsp3) is 0.643. The van der Waals surface area contributed by atoms with E-state index >= 15 is 0 Å². The second kappa shape index (κ2) is 6.50. The van der Waals surface area contributed by atoms with Gasteiger partial charge in [0, 0.05) is 18.9 Å². The van der Waals surface area contributed by atoms with Gasteiger partial charge in [0.15, 0.2) is 11.5 Å². The third-order valence-electron chi connectivity index (χ3n) is 4.00. The minimum absolute atomic E-state index is 0.00439. The number of aromatic carboxylic acids is 1. The van der Waals surface area contributed by atoms with Crippen LogP contribution in [-0.2, 0) is 0 Å². The van der Waals surface area contributed by atoms with Gasteiger partial charge in [-0.25, -0.2) is 14.8 Å². The number of hydrogen-bond acceptors (Lipinski definition) is 4. The molecule has 5 nitrogen and oxygen atoms in total.